The van der Waals surface area contributed by atoms with Gasteiger partial charge in [0.15, 0.2) is 0 Å². The van der Waals surface area contributed by atoms with E-state index < -0.39 is 0 Å². The number of hydrogen-bond acceptors (Lipinski definition) is 1. The van der Waals surface area contributed by atoms with E-state index in [1.54, 1.807) is 0 Å². The number of H-pyrrole nitrogens is 1. The summed E-state index contributed by atoms with van der Waals surface area (Å²) in [4.78, 5) is 7.31. The topological polar surface area (TPSA) is 28.1 Å². The van der Waals surface area contributed by atoms with Crippen LogP contribution >= 0.6 is 0 Å². The van der Waals surface area contributed by atoms with Crippen LogP contribution in [0.3, 0.4) is 0 Å². The van der Waals surface area contributed by atoms with E-state index in [0.29, 0.717) is 0 Å². The number of nitrogens with one attached hydrogen (secondary N) is 1. The number of hydrogen-bond donors (Lipinski definition) is 1. The highest BCUT2D eigenvalue weighted by atomic mass is 14.8. The third kappa shape index (κ3) is 0.669. The zero-order valence-electron chi connectivity index (χ0n) is 5.09. The van der Waals surface area contributed by atoms with Crippen molar-refractivity contribution in [1.82, 2.24) is 4.98 Å². The average molecular weight is 120 g/mol. The monoisotopic (exact) mass is 120 g/mol. The van der Waals surface area contributed by atoms with E-state index in [9.17, 15) is 0 Å². The van der Waals surface area contributed by atoms with Crippen molar-refractivity contribution >= 4 is 6.21 Å². The van der Waals surface area contributed by atoms with Gasteiger partial charge in [-0.3, -0.25) is 4.99 Å². The second-order valence-electron chi connectivity index (χ2n) is 2.20. The molecule has 1 aliphatic rings. The van der Waals surface area contributed by atoms with Gasteiger partial charge in [0.25, 0.3) is 0 Å². The van der Waals surface area contributed by atoms with Crippen molar-refractivity contribution in [3.63, 3.8) is 0 Å². The third-order valence-corrected chi connectivity index (χ3v) is 1.59. The van der Waals surface area contributed by atoms with Crippen LogP contribution in [0.15, 0.2) is 17.3 Å². The quantitative estimate of drug-likeness (QED) is 0.529. The molecule has 1 aromatic rings. The van der Waals surface area contributed by atoms with Crippen molar-refractivity contribution in [1.29, 1.82) is 0 Å². The first-order chi connectivity index (χ1) is 4.47. The molecular weight excluding hydrogens is 112 g/mol. The van der Waals surface area contributed by atoms with Gasteiger partial charge in [0.1, 0.15) is 0 Å². The van der Waals surface area contributed by atoms with E-state index in [1.807, 2.05) is 12.4 Å². The smallest absolute Gasteiger partial charge is 0.0444 e. The van der Waals surface area contributed by atoms with Crippen molar-refractivity contribution in [2.75, 3.05) is 6.54 Å². The van der Waals surface area contributed by atoms with Gasteiger partial charge < -0.3 is 4.98 Å². The normalized spacial score (nSPS) is 15.6. The van der Waals surface area contributed by atoms with Crippen LogP contribution in [0.2, 0.25) is 0 Å². The molecule has 0 spiro atoms. The number of aromatic nitrogens is 1. The fourth-order valence-corrected chi connectivity index (χ4v) is 1.09. The van der Waals surface area contributed by atoms with Gasteiger partial charge in [-0.25, -0.2) is 0 Å². The molecule has 2 rings (SSSR count). The molecule has 0 saturated heterocycles. The second-order valence-corrected chi connectivity index (χ2v) is 2.20. The summed E-state index contributed by atoms with van der Waals surface area (Å²) >= 11 is 0. The van der Waals surface area contributed by atoms with Gasteiger partial charge in [-0.05, 0) is 6.07 Å². The van der Waals surface area contributed by atoms with Crippen molar-refractivity contribution in [2.45, 2.75) is 6.42 Å². The second kappa shape index (κ2) is 1.72. The van der Waals surface area contributed by atoms with Gasteiger partial charge >= 0.3 is 0 Å². The van der Waals surface area contributed by atoms with E-state index >= 15 is 0 Å². The minimum absolute atomic E-state index is 0.938. The van der Waals surface area contributed by atoms with Gasteiger partial charge in [-0.15, -0.1) is 0 Å². The SMILES string of the molecule is C1=NCCc2[nH]ccc21. The Morgan fingerprint density at radius 2 is 2.56 bits per heavy atom. The van der Waals surface area contributed by atoms with Crippen LogP contribution in [0.25, 0.3) is 0 Å². The molecule has 0 aliphatic carbocycles. The summed E-state index contributed by atoms with van der Waals surface area (Å²) in [6, 6.07) is 2.05. The van der Waals surface area contributed by atoms with Gasteiger partial charge in [-0.2, -0.15) is 0 Å². The average Bonchev–Trinajstić information content (AvgIpc) is 2.33. The highest BCUT2D eigenvalue weighted by molar-refractivity contribution is 5.82. The predicted molar refractivity (Wildman–Crippen MR) is 37.0 cm³/mol. The van der Waals surface area contributed by atoms with Crippen molar-refractivity contribution in [3.8, 4) is 0 Å². The van der Waals surface area contributed by atoms with Crippen molar-refractivity contribution in [3.05, 3.63) is 23.5 Å². The first kappa shape index (κ1) is 4.79. The number of nitrogens with zero attached hydrogens (tertiary/aromatic N) is 1. The zero-order valence-corrected chi connectivity index (χ0v) is 5.09. The predicted octanol–water partition coefficient (Wildman–Crippen LogP) is 0.990. The van der Waals surface area contributed by atoms with Crippen molar-refractivity contribution in [2.24, 2.45) is 4.99 Å². The van der Waals surface area contributed by atoms with Crippen LogP contribution in [0.1, 0.15) is 11.3 Å². The van der Waals surface area contributed by atoms with E-state index in [0.717, 1.165) is 13.0 Å². The zero-order chi connectivity index (χ0) is 6.10. The molecule has 0 fully saturated rings. The molecule has 0 unspecified atom stereocenters. The molecule has 1 N–H and O–H groups in total. The van der Waals surface area contributed by atoms with E-state index in [-0.39, 0.29) is 0 Å². The molecule has 0 atom stereocenters. The molecule has 46 valence electrons. The molecule has 1 aliphatic heterocycles. The Balaban J connectivity index is 2.53. The lowest BCUT2D eigenvalue weighted by atomic mass is 10.2. The van der Waals surface area contributed by atoms with Crippen LogP contribution in [0.5, 0.6) is 0 Å². The number of fused-ring (bicyclic) bond motifs is 1. The minimum Gasteiger partial charge on any atom is -0.364 e. The van der Waals surface area contributed by atoms with E-state index in [4.69, 9.17) is 0 Å². The molecule has 0 bridgehead atoms. The number of aromatic amines is 1. The van der Waals surface area contributed by atoms with Crippen LogP contribution in [-0.2, 0) is 6.42 Å². The number of rotatable bonds is 0. The standard InChI is InChI=1S/C7H8N2/c1-4-9-7-2-3-8-5-6(1)7/h1,4-5,9H,2-3H2. The lowest BCUT2D eigenvalue weighted by Gasteiger charge is -2.01. The summed E-state index contributed by atoms with van der Waals surface area (Å²) in [6.07, 6.45) is 4.95. The number of aliphatic imine (C=N–C) groups is 1. The molecule has 1 aromatic heterocycles. The lowest BCUT2D eigenvalue weighted by molar-refractivity contribution is 0.921. The van der Waals surface area contributed by atoms with Crippen LogP contribution in [0.4, 0.5) is 0 Å². The van der Waals surface area contributed by atoms with Crippen LogP contribution in [0, 0.1) is 0 Å². The highest BCUT2D eigenvalue weighted by Crippen LogP contribution is 2.08. The summed E-state index contributed by atoms with van der Waals surface area (Å²) in [5.74, 6) is 0. The molecule has 0 aromatic carbocycles. The van der Waals surface area contributed by atoms with Crippen molar-refractivity contribution < 1.29 is 0 Å². The Kier molecular flexibility index (Phi) is 0.918. The Hall–Kier alpha value is -1.05. The minimum atomic E-state index is 0.938. The Bertz CT molecular complexity index is 235. The molecule has 0 amide bonds. The molecule has 0 saturated carbocycles. The van der Waals surface area contributed by atoms with Gasteiger partial charge in [0, 0.05) is 36.6 Å². The highest BCUT2D eigenvalue weighted by Gasteiger charge is 2.03. The summed E-state index contributed by atoms with van der Waals surface area (Å²) < 4.78 is 0. The maximum absolute atomic E-state index is 4.15. The molecule has 2 heterocycles. The summed E-state index contributed by atoms with van der Waals surface area (Å²) in [6.45, 7) is 0.938. The Morgan fingerprint density at radius 1 is 1.56 bits per heavy atom. The molecular formula is C7H8N2. The van der Waals surface area contributed by atoms with Crippen LogP contribution in [-0.4, -0.2) is 17.7 Å². The van der Waals surface area contributed by atoms with Gasteiger partial charge in [0.2, 0.25) is 0 Å². The fourth-order valence-electron chi connectivity index (χ4n) is 1.09. The molecule has 2 nitrogen and oxygen atoms in total. The maximum Gasteiger partial charge on any atom is 0.0444 e. The lowest BCUT2D eigenvalue weighted by Crippen LogP contribution is -2.00. The maximum atomic E-state index is 4.15. The molecule has 0 radical (unpaired) electrons. The summed E-state index contributed by atoms with van der Waals surface area (Å²) in [5.41, 5.74) is 2.58. The third-order valence-electron chi connectivity index (χ3n) is 1.59. The Labute approximate surface area is 53.6 Å². The largest absolute Gasteiger partial charge is 0.364 e. The van der Waals surface area contributed by atoms with E-state index in [2.05, 4.69) is 16.0 Å². The van der Waals surface area contributed by atoms with Crippen LogP contribution < -0.4 is 0 Å². The first-order valence-corrected chi connectivity index (χ1v) is 3.13. The molecule has 9 heavy (non-hydrogen) atoms. The first-order valence-electron chi connectivity index (χ1n) is 3.13. The van der Waals surface area contributed by atoms with Gasteiger partial charge in [0.05, 0.1) is 0 Å². The fraction of sp³-hybridized carbons (Fsp3) is 0.286. The molecule has 2 heteroatoms. The Morgan fingerprint density at radius 3 is 3.44 bits per heavy atom. The summed E-state index contributed by atoms with van der Waals surface area (Å²) in [5, 5.41) is 0. The van der Waals surface area contributed by atoms with Gasteiger partial charge in [-0.1, -0.05) is 0 Å². The summed E-state index contributed by atoms with van der Waals surface area (Å²) in [7, 11) is 0. The van der Waals surface area contributed by atoms with E-state index in [1.165, 1.54) is 11.3 Å².